The molecule has 1 heterocycles. The summed E-state index contributed by atoms with van der Waals surface area (Å²) >= 11 is 0. The number of carbonyl (C=O) groups excluding carboxylic acids is 1. The van der Waals surface area contributed by atoms with Crippen LogP contribution in [0.5, 0.6) is 0 Å². The Hall–Kier alpha value is -0.570. The van der Waals surface area contributed by atoms with E-state index in [1.807, 2.05) is 0 Å². The zero-order valence-electron chi connectivity index (χ0n) is 8.16. The topological polar surface area (TPSA) is 29.5 Å². The Morgan fingerprint density at radius 1 is 1.23 bits per heavy atom. The summed E-state index contributed by atoms with van der Waals surface area (Å²) in [5, 5.41) is 0. The van der Waals surface area contributed by atoms with Gasteiger partial charge in [0.15, 0.2) is 0 Å². The van der Waals surface area contributed by atoms with Crippen LogP contribution in [0.4, 0.5) is 0 Å². The minimum absolute atomic E-state index is 0.0505. The fourth-order valence-corrected chi connectivity index (χ4v) is 1.68. The van der Waals surface area contributed by atoms with E-state index in [1.54, 1.807) is 0 Å². The van der Waals surface area contributed by atoms with Gasteiger partial charge in [-0.15, -0.1) is 0 Å². The molecule has 13 heavy (non-hydrogen) atoms. The summed E-state index contributed by atoms with van der Waals surface area (Å²) in [5.74, 6) is 0.300. The average Bonchev–Trinajstić information content (AvgIpc) is 2.91. The first-order chi connectivity index (χ1) is 6.25. The van der Waals surface area contributed by atoms with Gasteiger partial charge in [-0.1, -0.05) is 0 Å². The number of rotatable bonds is 2. The fraction of sp³-hybridized carbons (Fsp3) is 0.900. The molecule has 3 nitrogen and oxygen atoms in total. The quantitative estimate of drug-likeness (QED) is 0.599. The number of hydrogen-bond acceptors (Lipinski definition) is 3. The molecule has 0 atom stereocenters. The van der Waals surface area contributed by atoms with Crippen LogP contribution < -0.4 is 0 Å². The first-order valence-electron chi connectivity index (χ1n) is 5.15. The zero-order valence-corrected chi connectivity index (χ0v) is 8.16. The highest BCUT2D eigenvalue weighted by atomic mass is 16.5. The van der Waals surface area contributed by atoms with E-state index in [1.165, 1.54) is 0 Å². The van der Waals surface area contributed by atoms with Crippen LogP contribution in [0.15, 0.2) is 0 Å². The second-order valence-corrected chi connectivity index (χ2v) is 4.21. The van der Waals surface area contributed by atoms with Crippen molar-refractivity contribution in [1.82, 2.24) is 4.90 Å². The van der Waals surface area contributed by atoms with Gasteiger partial charge in [-0.2, -0.15) is 0 Å². The van der Waals surface area contributed by atoms with E-state index in [0.717, 1.165) is 38.8 Å². The molecule has 2 fully saturated rings. The molecule has 0 unspecified atom stereocenters. The molecule has 3 heteroatoms. The highest BCUT2D eigenvalue weighted by Crippen LogP contribution is 2.31. The van der Waals surface area contributed by atoms with Crippen molar-refractivity contribution in [1.29, 1.82) is 0 Å². The van der Waals surface area contributed by atoms with E-state index in [-0.39, 0.29) is 18.0 Å². The standard InChI is InChI=1S/C10H17NO2/c1-11-6-4-9(5-7-11)13-10(12)8-2-3-8/h8-9H,2-7H2,1H3. The first-order valence-corrected chi connectivity index (χ1v) is 5.15. The molecule has 2 rings (SSSR count). The summed E-state index contributed by atoms with van der Waals surface area (Å²) in [4.78, 5) is 13.6. The Bertz CT molecular complexity index is 193. The number of ether oxygens (including phenoxy) is 1. The minimum Gasteiger partial charge on any atom is -0.462 e. The number of hydrogen-bond donors (Lipinski definition) is 0. The number of likely N-dealkylation sites (tertiary alicyclic amines) is 1. The van der Waals surface area contributed by atoms with Crippen LogP contribution in [0.3, 0.4) is 0 Å². The molecule has 1 aliphatic carbocycles. The van der Waals surface area contributed by atoms with E-state index in [4.69, 9.17) is 4.74 Å². The first kappa shape index (κ1) is 9.00. The van der Waals surface area contributed by atoms with Crippen LogP contribution in [0.2, 0.25) is 0 Å². The summed E-state index contributed by atoms with van der Waals surface area (Å²) < 4.78 is 5.40. The lowest BCUT2D eigenvalue weighted by Gasteiger charge is -2.28. The number of nitrogens with zero attached hydrogens (tertiary/aromatic N) is 1. The summed E-state index contributed by atoms with van der Waals surface area (Å²) in [6.07, 6.45) is 4.31. The van der Waals surface area contributed by atoms with Crippen molar-refractivity contribution in [2.24, 2.45) is 5.92 Å². The van der Waals surface area contributed by atoms with Crippen molar-refractivity contribution < 1.29 is 9.53 Å². The Morgan fingerprint density at radius 2 is 1.85 bits per heavy atom. The molecule has 1 aliphatic heterocycles. The minimum atomic E-state index is 0.0505. The van der Waals surface area contributed by atoms with Crippen LogP contribution in [-0.4, -0.2) is 37.1 Å². The summed E-state index contributed by atoms with van der Waals surface area (Å²) in [6.45, 7) is 2.12. The molecule has 2 aliphatic rings. The molecule has 0 spiro atoms. The average molecular weight is 183 g/mol. The van der Waals surface area contributed by atoms with Crippen molar-refractivity contribution in [3.63, 3.8) is 0 Å². The van der Waals surface area contributed by atoms with E-state index in [9.17, 15) is 4.79 Å². The number of esters is 1. The van der Waals surface area contributed by atoms with Crippen molar-refractivity contribution in [2.75, 3.05) is 20.1 Å². The predicted molar refractivity (Wildman–Crippen MR) is 49.3 cm³/mol. The van der Waals surface area contributed by atoms with Crippen molar-refractivity contribution in [2.45, 2.75) is 31.8 Å². The van der Waals surface area contributed by atoms with Crippen molar-refractivity contribution in [3.05, 3.63) is 0 Å². The van der Waals surface area contributed by atoms with Crippen molar-refractivity contribution in [3.8, 4) is 0 Å². The van der Waals surface area contributed by atoms with Gasteiger partial charge in [0.2, 0.25) is 0 Å². The Labute approximate surface area is 79.0 Å². The molecule has 1 saturated carbocycles. The molecule has 0 amide bonds. The van der Waals surface area contributed by atoms with E-state index < -0.39 is 0 Å². The normalized spacial score (nSPS) is 25.9. The van der Waals surface area contributed by atoms with Crippen LogP contribution in [-0.2, 0) is 9.53 Å². The SMILES string of the molecule is CN1CCC(OC(=O)C2CC2)CC1. The molecule has 0 bridgehead atoms. The van der Waals surface area contributed by atoms with E-state index >= 15 is 0 Å². The number of carbonyl (C=O) groups is 1. The maximum atomic E-state index is 11.3. The number of piperidine rings is 1. The van der Waals surface area contributed by atoms with E-state index in [0.29, 0.717) is 0 Å². The third-order valence-electron chi connectivity index (χ3n) is 2.86. The Kier molecular flexibility index (Phi) is 2.54. The summed E-state index contributed by atoms with van der Waals surface area (Å²) in [5.41, 5.74) is 0. The molecule has 0 aromatic heterocycles. The summed E-state index contributed by atoms with van der Waals surface area (Å²) in [6, 6.07) is 0. The highest BCUT2D eigenvalue weighted by Gasteiger charge is 2.33. The van der Waals surface area contributed by atoms with Gasteiger partial charge in [-0.3, -0.25) is 4.79 Å². The maximum Gasteiger partial charge on any atom is 0.309 e. The molecular formula is C10H17NO2. The van der Waals surface area contributed by atoms with Gasteiger partial charge in [-0.05, 0) is 32.7 Å². The third kappa shape index (κ3) is 2.44. The van der Waals surface area contributed by atoms with Gasteiger partial charge in [0, 0.05) is 13.1 Å². The smallest absolute Gasteiger partial charge is 0.309 e. The lowest BCUT2D eigenvalue weighted by Crippen LogP contribution is -2.35. The highest BCUT2D eigenvalue weighted by molar-refractivity contribution is 5.75. The van der Waals surface area contributed by atoms with E-state index in [2.05, 4.69) is 11.9 Å². The van der Waals surface area contributed by atoms with Crippen LogP contribution >= 0.6 is 0 Å². The molecule has 74 valence electrons. The Balaban J connectivity index is 1.72. The lowest BCUT2D eigenvalue weighted by atomic mass is 10.1. The van der Waals surface area contributed by atoms with Gasteiger partial charge < -0.3 is 9.64 Å². The molecular weight excluding hydrogens is 166 g/mol. The molecule has 0 aromatic rings. The molecule has 0 N–H and O–H groups in total. The van der Waals surface area contributed by atoms with Crippen LogP contribution in [0.25, 0.3) is 0 Å². The van der Waals surface area contributed by atoms with Gasteiger partial charge in [0.05, 0.1) is 5.92 Å². The van der Waals surface area contributed by atoms with Gasteiger partial charge in [0.1, 0.15) is 6.10 Å². The van der Waals surface area contributed by atoms with Gasteiger partial charge in [-0.25, -0.2) is 0 Å². The monoisotopic (exact) mass is 183 g/mol. The molecule has 0 aromatic carbocycles. The largest absolute Gasteiger partial charge is 0.462 e. The van der Waals surface area contributed by atoms with Crippen LogP contribution in [0, 0.1) is 5.92 Å². The maximum absolute atomic E-state index is 11.3. The molecule has 0 radical (unpaired) electrons. The second-order valence-electron chi connectivity index (χ2n) is 4.21. The molecule has 1 saturated heterocycles. The van der Waals surface area contributed by atoms with Crippen LogP contribution in [0.1, 0.15) is 25.7 Å². The fourth-order valence-electron chi connectivity index (χ4n) is 1.68. The lowest BCUT2D eigenvalue weighted by molar-refractivity contribution is -0.152. The zero-order chi connectivity index (χ0) is 9.26. The summed E-state index contributed by atoms with van der Waals surface area (Å²) in [7, 11) is 2.11. The predicted octanol–water partition coefficient (Wildman–Crippen LogP) is 1.03. The second kappa shape index (κ2) is 3.66. The van der Waals surface area contributed by atoms with Crippen molar-refractivity contribution >= 4 is 5.97 Å². The van der Waals surface area contributed by atoms with Gasteiger partial charge in [0.25, 0.3) is 0 Å². The third-order valence-corrected chi connectivity index (χ3v) is 2.86. The van der Waals surface area contributed by atoms with Gasteiger partial charge >= 0.3 is 5.97 Å². The Morgan fingerprint density at radius 3 is 2.38 bits per heavy atom.